The maximum atomic E-state index is 13.9. The smallest absolute Gasteiger partial charge is 0.407 e. The minimum Gasteiger partial charge on any atom is -0.444 e. The number of aromatic nitrogens is 2. The summed E-state index contributed by atoms with van der Waals surface area (Å²) in [5.74, 6) is 0.338. The lowest BCUT2D eigenvalue weighted by atomic mass is 10.0. The number of nitriles is 1. The number of hydrogen-bond donors (Lipinski definition) is 2. The number of ether oxygens (including phenoxy) is 2. The highest BCUT2D eigenvalue weighted by molar-refractivity contribution is 7.90. The topological polar surface area (TPSA) is 159 Å². The Labute approximate surface area is 263 Å². The first-order valence-corrected chi connectivity index (χ1v) is 16.5. The zero-order chi connectivity index (χ0) is 31.9. The van der Waals surface area contributed by atoms with E-state index in [1.54, 1.807) is 39.1 Å². The number of hydrogen-bond acceptors (Lipinski definition) is 9. The van der Waals surface area contributed by atoms with Gasteiger partial charge in [-0.25, -0.2) is 9.48 Å². The van der Waals surface area contributed by atoms with Crippen molar-refractivity contribution in [1.29, 1.82) is 5.26 Å². The number of nitrogens with one attached hydrogen (secondary N) is 2. The highest BCUT2D eigenvalue weighted by Gasteiger charge is 2.34. The van der Waals surface area contributed by atoms with E-state index < -0.39 is 27.5 Å². The Bertz CT molecular complexity index is 1490. The molecule has 2 aliphatic rings. The van der Waals surface area contributed by atoms with Gasteiger partial charge in [0.1, 0.15) is 10.6 Å². The molecule has 0 radical (unpaired) electrons. The van der Waals surface area contributed by atoms with Crippen LogP contribution in [0, 0.1) is 17.2 Å². The van der Waals surface area contributed by atoms with Crippen LogP contribution in [0.2, 0.25) is 5.02 Å². The number of alkyl carbamates (subject to hydrolysis) is 1. The third-order valence-corrected chi connectivity index (χ3v) is 9.75. The molecule has 15 heteroatoms. The number of carbonyl (C=O) groups is 1. The highest BCUT2D eigenvalue weighted by Crippen LogP contribution is 2.28. The van der Waals surface area contributed by atoms with Crippen LogP contribution >= 0.6 is 11.6 Å². The number of halogens is 1. The van der Waals surface area contributed by atoms with E-state index >= 15 is 0 Å². The van der Waals surface area contributed by atoms with Gasteiger partial charge in [-0.1, -0.05) is 11.6 Å². The lowest BCUT2D eigenvalue weighted by Gasteiger charge is -2.36. The van der Waals surface area contributed by atoms with E-state index in [4.69, 9.17) is 21.1 Å². The van der Waals surface area contributed by atoms with Crippen LogP contribution < -0.4 is 20.5 Å². The van der Waals surface area contributed by atoms with Crippen molar-refractivity contribution in [3.05, 3.63) is 51.4 Å². The second-order valence-electron chi connectivity index (χ2n) is 11.9. The molecule has 2 fully saturated rings. The summed E-state index contributed by atoms with van der Waals surface area (Å²) in [5.41, 5.74) is 0.0846. The highest BCUT2D eigenvalue weighted by atomic mass is 35.5. The molecule has 2 aromatic rings. The lowest BCUT2D eigenvalue weighted by molar-refractivity contribution is 0.0529. The van der Waals surface area contributed by atoms with Gasteiger partial charge in [0.25, 0.3) is 5.56 Å². The van der Waals surface area contributed by atoms with Crippen LogP contribution in [0.15, 0.2) is 35.3 Å². The van der Waals surface area contributed by atoms with Crippen molar-refractivity contribution in [3.63, 3.8) is 0 Å². The molecule has 2 N–H and O–H groups in total. The van der Waals surface area contributed by atoms with Crippen LogP contribution in [0.5, 0.6) is 0 Å². The molecule has 1 atom stereocenters. The van der Waals surface area contributed by atoms with Crippen LogP contribution in [0.4, 0.5) is 16.2 Å². The fourth-order valence-electron chi connectivity index (χ4n) is 5.16. The number of rotatable bonds is 10. The van der Waals surface area contributed by atoms with Crippen molar-refractivity contribution in [1.82, 2.24) is 19.4 Å². The number of anilines is 2. The van der Waals surface area contributed by atoms with E-state index in [1.165, 1.54) is 25.4 Å². The zero-order valence-electron chi connectivity index (χ0n) is 25.3. The number of piperidine rings is 1. The van der Waals surface area contributed by atoms with Gasteiger partial charge in [-0.05, 0) is 76.6 Å². The molecule has 1 amide bonds. The molecule has 0 bridgehead atoms. The van der Waals surface area contributed by atoms with Crippen LogP contribution in [-0.4, -0.2) is 80.1 Å². The first-order valence-electron chi connectivity index (χ1n) is 14.7. The first-order chi connectivity index (χ1) is 20.9. The van der Waals surface area contributed by atoms with Crippen molar-refractivity contribution in [2.45, 2.75) is 58.1 Å². The second kappa shape index (κ2) is 14.6. The first kappa shape index (κ1) is 33.5. The summed E-state index contributed by atoms with van der Waals surface area (Å²) in [6.45, 7) is 7.50. The summed E-state index contributed by atoms with van der Waals surface area (Å²) >= 11 is 6.43. The molecule has 240 valence electrons. The van der Waals surface area contributed by atoms with E-state index in [2.05, 4.69) is 15.7 Å². The van der Waals surface area contributed by atoms with Gasteiger partial charge in [0.2, 0.25) is 0 Å². The third-order valence-electron chi connectivity index (χ3n) is 7.42. The van der Waals surface area contributed by atoms with Crippen molar-refractivity contribution in [2.24, 2.45) is 5.92 Å². The Kier molecular flexibility index (Phi) is 11.1. The van der Waals surface area contributed by atoms with Gasteiger partial charge < -0.3 is 20.1 Å². The fourth-order valence-corrected chi connectivity index (χ4v) is 7.02. The predicted octanol–water partition coefficient (Wildman–Crippen LogP) is 3.52. The number of nitrogens with zero attached hydrogens (tertiary/aromatic N) is 5. The van der Waals surface area contributed by atoms with E-state index in [0.717, 1.165) is 19.4 Å². The molecular weight excluding hydrogens is 610 g/mol. The quantitative estimate of drug-likeness (QED) is 0.393. The van der Waals surface area contributed by atoms with Gasteiger partial charge in [0.05, 0.1) is 48.4 Å². The van der Waals surface area contributed by atoms with E-state index in [9.17, 15) is 23.3 Å². The summed E-state index contributed by atoms with van der Waals surface area (Å²) in [5, 5.41) is 19.4. The molecule has 4 rings (SSSR count). The maximum absolute atomic E-state index is 13.9. The normalized spacial score (nSPS) is 18.3. The molecule has 2 saturated heterocycles. The molecular formula is C29H40ClN7O6S. The number of benzene rings is 1. The van der Waals surface area contributed by atoms with Gasteiger partial charge in [-0.15, -0.1) is 0 Å². The standard InChI is InChI=1S/C29H40ClN7O6S/c1-29(2,3)43-28(39)32-12-15-36(23-8-6-21(17-31)7-9-23)44(40,41)35-13-10-24(11-14-35)37-27(38)26(30)25(19-34-37)33-18-22-5-4-16-42-20-22/h6-9,19,22,24,33H,4-5,10-16,18,20H2,1-3H3,(H,32,39)/t22-/m1/s1. The summed E-state index contributed by atoms with van der Waals surface area (Å²) < 4.78 is 42.4. The van der Waals surface area contributed by atoms with Crippen LogP contribution in [0.1, 0.15) is 58.1 Å². The second-order valence-corrected chi connectivity index (χ2v) is 14.1. The average molecular weight is 650 g/mol. The molecule has 0 spiro atoms. The molecule has 44 heavy (non-hydrogen) atoms. The Morgan fingerprint density at radius 2 is 1.93 bits per heavy atom. The van der Waals surface area contributed by atoms with E-state index in [0.29, 0.717) is 48.8 Å². The van der Waals surface area contributed by atoms with Crippen molar-refractivity contribution < 1.29 is 22.7 Å². The van der Waals surface area contributed by atoms with Gasteiger partial charge in [0.15, 0.2) is 0 Å². The minimum atomic E-state index is -4.04. The minimum absolute atomic E-state index is 0.00340. The Morgan fingerprint density at radius 1 is 1.23 bits per heavy atom. The van der Waals surface area contributed by atoms with Gasteiger partial charge >= 0.3 is 16.3 Å². The summed E-state index contributed by atoms with van der Waals surface area (Å²) in [4.78, 5) is 25.3. The van der Waals surface area contributed by atoms with Crippen molar-refractivity contribution in [2.75, 3.05) is 55.6 Å². The van der Waals surface area contributed by atoms with E-state index in [1.807, 2.05) is 6.07 Å². The van der Waals surface area contributed by atoms with Crippen LogP contribution in [-0.2, 0) is 19.7 Å². The van der Waals surface area contributed by atoms with Crippen molar-refractivity contribution in [3.8, 4) is 6.07 Å². The third kappa shape index (κ3) is 8.62. The molecule has 0 aliphatic carbocycles. The van der Waals surface area contributed by atoms with Crippen LogP contribution in [0.3, 0.4) is 0 Å². The summed E-state index contributed by atoms with van der Waals surface area (Å²) in [7, 11) is -4.04. The molecule has 13 nitrogen and oxygen atoms in total. The molecule has 0 unspecified atom stereocenters. The Morgan fingerprint density at radius 3 is 2.55 bits per heavy atom. The lowest BCUT2D eigenvalue weighted by Crippen LogP contribution is -2.50. The molecule has 0 saturated carbocycles. The predicted molar refractivity (Wildman–Crippen MR) is 167 cm³/mol. The summed E-state index contributed by atoms with van der Waals surface area (Å²) in [6, 6.07) is 7.88. The van der Waals surface area contributed by atoms with Gasteiger partial charge in [-0.3, -0.25) is 9.10 Å². The van der Waals surface area contributed by atoms with Crippen LogP contribution in [0.25, 0.3) is 0 Å². The number of amides is 1. The molecule has 1 aromatic heterocycles. The molecule has 3 heterocycles. The van der Waals surface area contributed by atoms with Gasteiger partial charge in [0, 0.05) is 32.8 Å². The Balaban J connectivity index is 1.42. The van der Waals surface area contributed by atoms with Crippen molar-refractivity contribution >= 4 is 39.3 Å². The largest absolute Gasteiger partial charge is 0.444 e. The van der Waals surface area contributed by atoms with E-state index in [-0.39, 0.29) is 37.2 Å². The monoisotopic (exact) mass is 649 g/mol. The average Bonchev–Trinajstić information content (AvgIpc) is 3.00. The summed E-state index contributed by atoms with van der Waals surface area (Å²) in [6.07, 6.45) is 3.64. The SMILES string of the molecule is CC(C)(C)OC(=O)NCCN(c1ccc(C#N)cc1)S(=O)(=O)N1CCC(n2ncc(NC[C@H]3CCCOC3)c(Cl)c2=O)CC1. The van der Waals surface area contributed by atoms with Gasteiger partial charge in [-0.2, -0.15) is 23.1 Å². The number of carbonyl (C=O) groups excluding carboxylic acids is 1. The fraction of sp³-hybridized carbons (Fsp3) is 0.586. The zero-order valence-corrected chi connectivity index (χ0v) is 26.9. The Hall–Kier alpha value is -3.38. The maximum Gasteiger partial charge on any atom is 0.407 e. The molecule has 1 aromatic carbocycles. The molecule has 2 aliphatic heterocycles.